The Hall–Kier alpha value is -1.00. The molecule has 1 unspecified atom stereocenters. The molecule has 19 heavy (non-hydrogen) atoms. The maximum atomic E-state index is 12.6. The number of hydrogen-bond acceptors (Lipinski definition) is 1. The molecule has 0 aliphatic rings. The van der Waals surface area contributed by atoms with Crippen molar-refractivity contribution in [3.63, 3.8) is 0 Å². The maximum absolute atomic E-state index is 12.6. The molecular weight excluding hydrogens is 277 g/mol. The molecule has 0 aliphatic heterocycles. The van der Waals surface area contributed by atoms with Crippen LogP contribution in [0.25, 0.3) is 0 Å². The van der Waals surface area contributed by atoms with Crippen LogP contribution in [0.15, 0.2) is 29.3 Å². The Morgan fingerprint density at radius 2 is 1.95 bits per heavy atom. The molecule has 1 aromatic carbocycles. The van der Waals surface area contributed by atoms with E-state index in [9.17, 15) is 18.3 Å². The summed E-state index contributed by atoms with van der Waals surface area (Å²) in [5, 5.41) is 9.66. The fourth-order valence-corrected chi connectivity index (χ4v) is 2.15. The molecule has 1 rings (SSSR count). The molecular formula is C14H15ClF3O. The first-order chi connectivity index (χ1) is 8.54. The van der Waals surface area contributed by atoms with E-state index >= 15 is 0 Å². The molecule has 1 aromatic rings. The van der Waals surface area contributed by atoms with Gasteiger partial charge in [-0.25, -0.2) is 0 Å². The summed E-state index contributed by atoms with van der Waals surface area (Å²) >= 11 is 5.55. The highest BCUT2D eigenvalue weighted by Crippen LogP contribution is 2.34. The van der Waals surface area contributed by atoms with Crippen LogP contribution >= 0.6 is 11.6 Å². The van der Waals surface area contributed by atoms with Gasteiger partial charge in [-0.05, 0) is 30.0 Å². The fourth-order valence-electron chi connectivity index (χ4n) is 1.85. The number of aliphatic hydroxyl groups is 1. The van der Waals surface area contributed by atoms with Crippen LogP contribution in [0.3, 0.4) is 0 Å². The zero-order valence-electron chi connectivity index (χ0n) is 10.6. The van der Waals surface area contributed by atoms with Crippen molar-refractivity contribution in [3.05, 3.63) is 47.0 Å². The lowest BCUT2D eigenvalue weighted by Gasteiger charge is -2.30. The molecule has 0 heterocycles. The smallest absolute Gasteiger partial charge is 0.387 e. The van der Waals surface area contributed by atoms with Crippen molar-refractivity contribution in [3.8, 4) is 0 Å². The van der Waals surface area contributed by atoms with Gasteiger partial charge >= 0.3 is 6.18 Å². The van der Waals surface area contributed by atoms with E-state index in [0.29, 0.717) is 5.56 Å². The molecule has 1 N–H and O–H groups in total. The second kappa shape index (κ2) is 5.55. The van der Waals surface area contributed by atoms with E-state index < -0.39 is 23.3 Å². The summed E-state index contributed by atoms with van der Waals surface area (Å²) in [6, 6.07) is 5.00. The number of hydrogen-bond donors (Lipinski definition) is 1. The first kappa shape index (κ1) is 16.1. The van der Waals surface area contributed by atoms with Crippen molar-refractivity contribution in [2.45, 2.75) is 32.5 Å². The molecule has 105 valence electrons. The lowest BCUT2D eigenvalue weighted by Crippen LogP contribution is -2.31. The lowest BCUT2D eigenvalue weighted by atomic mass is 9.80. The van der Waals surface area contributed by atoms with Crippen LogP contribution in [0.5, 0.6) is 0 Å². The Morgan fingerprint density at radius 3 is 2.42 bits per heavy atom. The van der Waals surface area contributed by atoms with Crippen LogP contribution in [0.4, 0.5) is 13.2 Å². The topological polar surface area (TPSA) is 20.2 Å². The van der Waals surface area contributed by atoms with Crippen molar-refractivity contribution in [1.82, 2.24) is 0 Å². The number of alkyl halides is 3. The molecule has 0 aromatic heterocycles. The van der Waals surface area contributed by atoms with Gasteiger partial charge in [-0.2, -0.15) is 13.2 Å². The second-order valence-corrected chi connectivity index (χ2v) is 5.59. The quantitative estimate of drug-likeness (QED) is 0.882. The van der Waals surface area contributed by atoms with Crippen LogP contribution in [-0.4, -0.2) is 11.2 Å². The van der Waals surface area contributed by atoms with Gasteiger partial charge in [0.1, 0.15) is 0 Å². The fraction of sp³-hybridized carbons (Fsp3) is 0.429. The van der Waals surface area contributed by atoms with Gasteiger partial charge in [-0.3, -0.25) is 0 Å². The summed E-state index contributed by atoms with van der Waals surface area (Å²) in [5.74, 6) is 0. The molecule has 0 spiro atoms. The number of halogens is 4. The summed E-state index contributed by atoms with van der Waals surface area (Å²) < 4.78 is 37.8. The third kappa shape index (κ3) is 4.25. The Labute approximate surface area is 115 Å². The summed E-state index contributed by atoms with van der Waals surface area (Å²) in [4.78, 5) is 0. The van der Waals surface area contributed by atoms with E-state index in [2.05, 4.69) is 0 Å². The largest absolute Gasteiger partial charge is 0.416 e. The highest BCUT2D eigenvalue weighted by atomic mass is 35.5. The summed E-state index contributed by atoms with van der Waals surface area (Å²) in [5.41, 5.74) is -0.995. The standard InChI is InChI=1S/C14H15ClF3O/c1-9(15)12(19)13(2,3)8-10-5-4-6-11(7-10)14(16,17)18/h1,4-7,12,19H,8H2,2-3H3. The van der Waals surface area contributed by atoms with Crippen LogP contribution in [0.1, 0.15) is 25.0 Å². The van der Waals surface area contributed by atoms with Gasteiger partial charge in [0.2, 0.25) is 0 Å². The van der Waals surface area contributed by atoms with Crippen molar-refractivity contribution in [1.29, 1.82) is 0 Å². The zero-order chi connectivity index (χ0) is 14.8. The van der Waals surface area contributed by atoms with E-state index in [1.807, 2.05) is 0 Å². The maximum Gasteiger partial charge on any atom is 0.416 e. The highest BCUT2D eigenvalue weighted by Gasteiger charge is 2.33. The predicted molar refractivity (Wildman–Crippen MR) is 68.6 cm³/mol. The van der Waals surface area contributed by atoms with E-state index in [1.165, 1.54) is 6.07 Å². The first-order valence-electron chi connectivity index (χ1n) is 5.66. The Kier molecular flexibility index (Phi) is 4.69. The first-order valence-corrected chi connectivity index (χ1v) is 6.04. The van der Waals surface area contributed by atoms with Crippen molar-refractivity contribution < 1.29 is 18.3 Å². The Balaban J connectivity index is 2.97. The lowest BCUT2D eigenvalue weighted by molar-refractivity contribution is -0.137. The Morgan fingerprint density at radius 1 is 1.37 bits per heavy atom. The second-order valence-electron chi connectivity index (χ2n) is 5.15. The molecule has 1 nitrogen and oxygen atoms in total. The summed E-state index contributed by atoms with van der Waals surface area (Å²) in [6.07, 6.45) is -5.24. The monoisotopic (exact) mass is 291 g/mol. The van der Waals surface area contributed by atoms with Crippen LogP contribution in [0.2, 0.25) is 0 Å². The van der Waals surface area contributed by atoms with Gasteiger partial charge in [0.25, 0.3) is 0 Å². The molecule has 0 amide bonds. The average molecular weight is 292 g/mol. The predicted octanol–water partition coefficient (Wildman–Crippen LogP) is 4.19. The minimum atomic E-state index is -4.38. The molecule has 5 heteroatoms. The number of benzene rings is 1. The molecule has 0 saturated heterocycles. The Bertz CT molecular complexity index is 466. The van der Waals surface area contributed by atoms with Crippen molar-refractivity contribution in [2.75, 3.05) is 0 Å². The van der Waals surface area contributed by atoms with Gasteiger partial charge in [-0.1, -0.05) is 43.6 Å². The van der Waals surface area contributed by atoms with E-state index in [4.69, 9.17) is 18.2 Å². The molecule has 0 aliphatic carbocycles. The normalized spacial score (nSPS) is 14.3. The van der Waals surface area contributed by atoms with Crippen molar-refractivity contribution in [2.24, 2.45) is 5.41 Å². The van der Waals surface area contributed by atoms with Crippen LogP contribution < -0.4 is 0 Å². The third-order valence-corrected chi connectivity index (χ3v) is 3.12. The highest BCUT2D eigenvalue weighted by molar-refractivity contribution is 6.29. The molecule has 0 fully saturated rings. The van der Waals surface area contributed by atoms with Gasteiger partial charge in [-0.15, -0.1) is 0 Å². The summed E-state index contributed by atoms with van der Waals surface area (Å²) in [7, 11) is 0. The van der Waals surface area contributed by atoms with Crippen LogP contribution in [0, 0.1) is 12.0 Å². The van der Waals surface area contributed by atoms with E-state index in [0.717, 1.165) is 12.1 Å². The van der Waals surface area contributed by atoms with Crippen LogP contribution in [-0.2, 0) is 12.6 Å². The molecule has 1 radical (unpaired) electrons. The van der Waals surface area contributed by atoms with E-state index in [1.54, 1.807) is 19.9 Å². The SMILES string of the molecule is [CH]=C(Cl)C(O)C(C)(C)Cc1cccc(C(F)(F)F)c1. The van der Waals surface area contributed by atoms with Gasteiger partial charge in [0, 0.05) is 5.03 Å². The minimum absolute atomic E-state index is 0.169. The minimum Gasteiger partial charge on any atom is -0.387 e. The van der Waals surface area contributed by atoms with E-state index in [-0.39, 0.29) is 11.5 Å². The summed E-state index contributed by atoms with van der Waals surface area (Å²) in [6.45, 7) is 8.70. The van der Waals surface area contributed by atoms with Crippen molar-refractivity contribution >= 4 is 11.6 Å². The molecule has 1 atom stereocenters. The average Bonchev–Trinajstić information content (AvgIpc) is 2.26. The van der Waals surface area contributed by atoms with Gasteiger partial charge in [0.15, 0.2) is 0 Å². The van der Waals surface area contributed by atoms with Gasteiger partial charge in [0.05, 0.1) is 11.7 Å². The van der Waals surface area contributed by atoms with Gasteiger partial charge < -0.3 is 5.11 Å². The number of aliphatic hydroxyl groups excluding tert-OH is 1. The number of rotatable bonds is 4. The third-order valence-electron chi connectivity index (χ3n) is 2.92. The zero-order valence-corrected chi connectivity index (χ0v) is 11.4. The molecule has 0 saturated carbocycles. The molecule has 0 bridgehead atoms.